The molecule has 1 amide bonds. The molecule has 3 nitrogen and oxygen atoms in total. The number of halogens is 2. The zero-order valence-electron chi connectivity index (χ0n) is 6.69. The van der Waals surface area contributed by atoms with Gasteiger partial charge in [-0.1, -0.05) is 15.9 Å². The molecule has 0 bridgehead atoms. The monoisotopic (exact) mass is 244 g/mol. The Kier molecular flexibility index (Phi) is 7.26. The highest BCUT2D eigenvalue weighted by molar-refractivity contribution is 9.10. The second-order valence-electron chi connectivity index (χ2n) is 2.52. The molecule has 0 saturated carbocycles. The van der Waals surface area contributed by atoms with Crippen molar-refractivity contribution >= 4 is 34.2 Å². The summed E-state index contributed by atoms with van der Waals surface area (Å²) in [6.07, 6.45) is 0. The van der Waals surface area contributed by atoms with Gasteiger partial charge in [-0.25, -0.2) is 0 Å². The Bertz CT molecular complexity index is 124. The van der Waals surface area contributed by atoms with Crippen LogP contribution in [0.5, 0.6) is 0 Å². The summed E-state index contributed by atoms with van der Waals surface area (Å²) >= 11 is 3.22. The fraction of sp³-hybridized carbons (Fsp3) is 0.833. The number of alkyl halides is 1. The van der Waals surface area contributed by atoms with Gasteiger partial charge in [-0.3, -0.25) is 4.79 Å². The highest BCUT2D eigenvalue weighted by Crippen LogP contribution is 2.14. The average Bonchev–Trinajstić information content (AvgIpc) is 1.80. The van der Waals surface area contributed by atoms with E-state index in [9.17, 15) is 4.79 Å². The molecule has 68 valence electrons. The van der Waals surface area contributed by atoms with Crippen LogP contribution in [-0.4, -0.2) is 23.3 Å². The molecule has 0 rings (SSSR count). The van der Waals surface area contributed by atoms with Crippen LogP contribution in [0, 0.1) is 0 Å². The number of carbonyl (C=O) groups is 1. The van der Waals surface area contributed by atoms with Crippen molar-refractivity contribution in [3.63, 3.8) is 0 Å². The standard InChI is InChI=1S/C6H13BrN2O.ClH/c1-6(2,7)5(10)9-4-3-8;/h3-4,8H2,1-2H3,(H,9,10);1H. The first-order chi connectivity index (χ1) is 4.48. The molecule has 0 aliphatic heterocycles. The van der Waals surface area contributed by atoms with Crippen molar-refractivity contribution in [1.29, 1.82) is 0 Å². The maximum atomic E-state index is 11.0. The highest BCUT2D eigenvalue weighted by Gasteiger charge is 2.22. The zero-order chi connectivity index (χ0) is 8.20. The molecular weight excluding hydrogens is 231 g/mol. The van der Waals surface area contributed by atoms with Gasteiger partial charge in [0, 0.05) is 13.1 Å². The van der Waals surface area contributed by atoms with Crippen LogP contribution in [0.25, 0.3) is 0 Å². The van der Waals surface area contributed by atoms with Crippen molar-refractivity contribution in [1.82, 2.24) is 5.32 Å². The minimum absolute atomic E-state index is 0. The smallest absolute Gasteiger partial charge is 0.236 e. The first kappa shape index (κ1) is 13.8. The summed E-state index contributed by atoms with van der Waals surface area (Å²) in [5, 5.41) is 2.66. The first-order valence-electron chi connectivity index (χ1n) is 3.15. The van der Waals surface area contributed by atoms with Gasteiger partial charge in [-0.15, -0.1) is 12.4 Å². The van der Waals surface area contributed by atoms with Crippen LogP contribution in [0.2, 0.25) is 0 Å². The molecule has 0 spiro atoms. The van der Waals surface area contributed by atoms with Gasteiger partial charge >= 0.3 is 0 Å². The van der Waals surface area contributed by atoms with E-state index in [1.165, 1.54) is 0 Å². The summed E-state index contributed by atoms with van der Waals surface area (Å²) in [6.45, 7) is 4.60. The number of nitrogens with two attached hydrogens (primary N) is 1. The van der Waals surface area contributed by atoms with E-state index in [-0.39, 0.29) is 18.3 Å². The third-order valence-corrected chi connectivity index (χ3v) is 1.33. The van der Waals surface area contributed by atoms with Crippen molar-refractivity contribution < 1.29 is 4.79 Å². The molecule has 0 aromatic heterocycles. The molecule has 5 heteroatoms. The maximum Gasteiger partial charge on any atom is 0.236 e. The summed E-state index contributed by atoms with van der Waals surface area (Å²) in [4.78, 5) is 11.0. The van der Waals surface area contributed by atoms with Crippen LogP contribution in [0.1, 0.15) is 13.8 Å². The second-order valence-corrected chi connectivity index (χ2v) is 4.50. The van der Waals surface area contributed by atoms with E-state index in [2.05, 4.69) is 21.2 Å². The zero-order valence-corrected chi connectivity index (χ0v) is 9.09. The lowest BCUT2D eigenvalue weighted by atomic mass is 10.2. The SMILES string of the molecule is CC(C)(Br)C(=O)NCCN.Cl. The number of carbonyl (C=O) groups excluding carboxylic acids is 1. The van der Waals surface area contributed by atoms with Crippen LogP contribution in [0.4, 0.5) is 0 Å². The number of nitrogens with one attached hydrogen (secondary N) is 1. The van der Waals surface area contributed by atoms with E-state index in [0.29, 0.717) is 13.1 Å². The second kappa shape index (κ2) is 5.80. The molecule has 3 N–H and O–H groups in total. The van der Waals surface area contributed by atoms with E-state index < -0.39 is 4.32 Å². The Labute approximate surface area is 81.6 Å². The Balaban J connectivity index is 0. The molecule has 0 aromatic carbocycles. The van der Waals surface area contributed by atoms with Crippen molar-refractivity contribution in [2.24, 2.45) is 5.73 Å². The first-order valence-corrected chi connectivity index (χ1v) is 3.95. The van der Waals surface area contributed by atoms with Gasteiger partial charge in [-0.2, -0.15) is 0 Å². The normalized spacial score (nSPS) is 10.2. The van der Waals surface area contributed by atoms with Crippen LogP contribution >= 0.6 is 28.3 Å². The van der Waals surface area contributed by atoms with Crippen molar-refractivity contribution in [3.8, 4) is 0 Å². The lowest BCUT2D eigenvalue weighted by Crippen LogP contribution is -2.39. The lowest BCUT2D eigenvalue weighted by Gasteiger charge is -2.14. The third-order valence-electron chi connectivity index (χ3n) is 0.970. The molecule has 0 heterocycles. The third kappa shape index (κ3) is 6.59. The minimum Gasteiger partial charge on any atom is -0.354 e. The molecule has 0 aliphatic rings. The number of rotatable bonds is 3. The van der Waals surface area contributed by atoms with E-state index in [1.807, 2.05) is 0 Å². The van der Waals surface area contributed by atoms with Crippen molar-refractivity contribution in [2.45, 2.75) is 18.2 Å². The molecule has 0 aliphatic carbocycles. The van der Waals surface area contributed by atoms with Gasteiger partial charge in [0.25, 0.3) is 0 Å². The fourth-order valence-electron chi connectivity index (χ4n) is 0.396. The van der Waals surface area contributed by atoms with Crippen LogP contribution in [-0.2, 0) is 4.79 Å². The molecule has 0 aromatic rings. The molecule has 0 saturated heterocycles. The van der Waals surface area contributed by atoms with Gasteiger partial charge in [0.1, 0.15) is 0 Å². The predicted molar refractivity (Wildman–Crippen MR) is 52.3 cm³/mol. The number of amides is 1. The molecule has 0 radical (unpaired) electrons. The van der Waals surface area contributed by atoms with E-state index in [4.69, 9.17) is 5.73 Å². The Morgan fingerprint density at radius 2 is 2.09 bits per heavy atom. The van der Waals surface area contributed by atoms with Gasteiger partial charge in [0.05, 0.1) is 4.32 Å². The lowest BCUT2D eigenvalue weighted by molar-refractivity contribution is -0.122. The highest BCUT2D eigenvalue weighted by atomic mass is 79.9. The van der Waals surface area contributed by atoms with Crippen LogP contribution in [0.15, 0.2) is 0 Å². The van der Waals surface area contributed by atoms with Gasteiger partial charge in [0.15, 0.2) is 0 Å². The van der Waals surface area contributed by atoms with E-state index >= 15 is 0 Å². The predicted octanol–water partition coefficient (Wildman–Crippen LogP) is 0.657. The quantitative estimate of drug-likeness (QED) is 0.718. The summed E-state index contributed by atoms with van der Waals surface area (Å²) in [6, 6.07) is 0. The molecule has 0 fully saturated rings. The van der Waals surface area contributed by atoms with Gasteiger partial charge in [0.2, 0.25) is 5.91 Å². The molecule has 11 heavy (non-hydrogen) atoms. The van der Waals surface area contributed by atoms with E-state index in [1.54, 1.807) is 13.8 Å². The van der Waals surface area contributed by atoms with Crippen LogP contribution in [0.3, 0.4) is 0 Å². The molecule has 0 atom stereocenters. The topological polar surface area (TPSA) is 55.1 Å². The van der Waals surface area contributed by atoms with Gasteiger partial charge in [-0.05, 0) is 13.8 Å². The average molecular weight is 246 g/mol. The number of hydrogen-bond donors (Lipinski definition) is 2. The fourth-order valence-corrected chi connectivity index (χ4v) is 0.536. The summed E-state index contributed by atoms with van der Waals surface area (Å²) in [5.41, 5.74) is 5.19. The van der Waals surface area contributed by atoms with Crippen molar-refractivity contribution in [3.05, 3.63) is 0 Å². The Hall–Kier alpha value is 0.200. The Morgan fingerprint density at radius 1 is 1.64 bits per heavy atom. The molecule has 0 unspecified atom stereocenters. The summed E-state index contributed by atoms with van der Waals surface area (Å²) < 4.78 is -0.484. The summed E-state index contributed by atoms with van der Waals surface area (Å²) in [7, 11) is 0. The largest absolute Gasteiger partial charge is 0.354 e. The molecular formula is C6H14BrClN2O. The Morgan fingerprint density at radius 3 is 2.36 bits per heavy atom. The van der Waals surface area contributed by atoms with Crippen LogP contribution < -0.4 is 11.1 Å². The van der Waals surface area contributed by atoms with E-state index in [0.717, 1.165) is 0 Å². The maximum absolute atomic E-state index is 11.0. The summed E-state index contributed by atoms with van der Waals surface area (Å²) in [5.74, 6) is -0.0297. The van der Waals surface area contributed by atoms with Crippen molar-refractivity contribution in [2.75, 3.05) is 13.1 Å². The number of hydrogen-bond acceptors (Lipinski definition) is 2. The van der Waals surface area contributed by atoms with Gasteiger partial charge < -0.3 is 11.1 Å². The minimum atomic E-state index is -0.484.